The third kappa shape index (κ3) is 6.26. The van der Waals surface area contributed by atoms with Gasteiger partial charge in [0, 0.05) is 26.1 Å². The van der Waals surface area contributed by atoms with Crippen LogP contribution < -0.4 is 24.4 Å². The van der Waals surface area contributed by atoms with E-state index in [1.165, 1.54) is 6.92 Å². The number of anilines is 1. The van der Waals surface area contributed by atoms with Gasteiger partial charge in [-0.05, 0) is 44.5 Å². The van der Waals surface area contributed by atoms with E-state index in [0.717, 1.165) is 30.0 Å². The van der Waals surface area contributed by atoms with Gasteiger partial charge in [0.15, 0.2) is 0 Å². The fraction of sp³-hybridized carbons (Fsp3) is 0.500. The molecule has 8 nitrogen and oxygen atoms in total. The predicted octanol–water partition coefficient (Wildman–Crippen LogP) is 3.09. The van der Waals surface area contributed by atoms with E-state index in [9.17, 15) is 9.90 Å². The fourth-order valence-corrected chi connectivity index (χ4v) is 3.67. The molecule has 1 saturated heterocycles. The van der Waals surface area contributed by atoms with Crippen LogP contribution >= 0.6 is 0 Å². The number of benzene rings is 1. The Hall–Kier alpha value is -3.00. The summed E-state index contributed by atoms with van der Waals surface area (Å²) in [5.41, 5.74) is 0.949. The second-order valence-electron chi connectivity index (χ2n) is 8.74. The molecule has 0 aliphatic carbocycles. The number of carbonyl (C=O) groups is 1. The molecule has 0 saturated carbocycles. The highest BCUT2D eigenvalue weighted by Gasteiger charge is 2.28. The maximum atomic E-state index is 11.2. The smallest absolute Gasteiger partial charge is 0.259 e. The monoisotopic (exact) mass is 443 g/mol. The van der Waals surface area contributed by atoms with E-state index in [1.807, 2.05) is 37.3 Å². The lowest BCUT2D eigenvalue weighted by molar-refractivity contribution is -0.119. The summed E-state index contributed by atoms with van der Waals surface area (Å²) >= 11 is 0. The number of amides is 1. The van der Waals surface area contributed by atoms with Gasteiger partial charge in [-0.2, -0.15) is 0 Å². The average molecular weight is 444 g/mol. The van der Waals surface area contributed by atoms with Crippen molar-refractivity contribution in [2.75, 3.05) is 31.7 Å². The number of rotatable bonds is 9. The molecule has 1 aromatic heterocycles. The minimum atomic E-state index is -0.968. The van der Waals surface area contributed by atoms with Gasteiger partial charge < -0.3 is 29.5 Å². The summed E-state index contributed by atoms with van der Waals surface area (Å²) in [6.07, 6.45) is 2.59. The summed E-state index contributed by atoms with van der Waals surface area (Å²) in [6.45, 7) is 8.45. The first-order chi connectivity index (χ1) is 15.2. The van der Waals surface area contributed by atoms with Gasteiger partial charge in [-0.25, -0.2) is 4.98 Å². The molecule has 1 amide bonds. The number of methoxy groups -OCH3 is 1. The highest BCUT2D eigenvalue weighted by Crippen LogP contribution is 2.38. The second kappa shape index (κ2) is 10.1. The number of nitrogens with one attached hydrogen (secondary N) is 1. The van der Waals surface area contributed by atoms with Crippen LogP contribution in [0, 0.1) is 0 Å². The van der Waals surface area contributed by atoms with Gasteiger partial charge in [0.1, 0.15) is 18.5 Å². The minimum Gasteiger partial charge on any atom is -0.490 e. The van der Waals surface area contributed by atoms with Crippen LogP contribution in [0.2, 0.25) is 0 Å². The molecule has 2 heterocycles. The summed E-state index contributed by atoms with van der Waals surface area (Å²) in [5, 5.41) is 12.8. The third-order valence-electron chi connectivity index (χ3n) is 5.21. The number of hydrogen-bond donors (Lipinski definition) is 2. The summed E-state index contributed by atoms with van der Waals surface area (Å²) < 4.78 is 17.5. The lowest BCUT2D eigenvalue weighted by atomic mass is 10.1. The molecule has 0 bridgehead atoms. The molecule has 8 heteroatoms. The number of aliphatic hydroxyl groups is 1. The number of carbonyl (C=O) groups excluding carboxylic acids is 1. The summed E-state index contributed by atoms with van der Waals surface area (Å²) in [5.74, 6) is 1.66. The first kappa shape index (κ1) is 23.7. The normalized spacial score (nSPS) is 17.1. The minimum absolute atomic E-state index is 0.0345. The van der Waals surface area contributed by atoms with Gasteiger partial charge in [0.05, 0.1) is 31.0 Å². The Kier molecular flexibility index (Phi) is 7.45. The topological polar surface area (TPSA) is 93.2 Å². The van der Waals surface area contributed by atoms with E-state index in [2.05, 4.69) is 15.2 Å². The van der Waals surface area contributed by atoms with Crippen molar-refractivity contribution in [3.05, 3.63) is 42.1 Å². The molecule has 1 fully saturated rings. The molecule has 0 unspecified atom stereocenters. The quantitative estimate of drug-likeness (QED) is 0.615. The Morgan fingerprint density at radius 3 is 2.66 bits per heavy atom. The molecule has 0 spiro atoms. The Bertz CT molecular complexity index is 911. The number of ether oxygens (including phenoxy) is 3. The standard InChI is InChI=1S/C24H33N3O5/c1-16(26-17(2)28)18-6-8-19(9-7-18)32-20-11-13-27(14-20)21-10-12-25-23(22(21)30-5)31-15-24(3,4)29/h6-10,12,16,20,29H,11,13-15H2,1-5H3,(H,26,28)/t16-,20+/m0/s1. The Morgan fingerprint density at radius 1 is 1.31 bits per heavy atom. The van der Waals surface area contributed by atoms with E-state index in [-0.39, 0.29) is 24.7 Å². The molecule has 2 atom stereocenters. The zero-order valence-electron chi connectivity index (χ0n) is 19.4. The molecule has 2 N–H and O–H groups in total. The van der Waals surface area contributed by atoms with Crippen LogP contribution in [0.5, 0.6) is 17.4 Å². The Balaban J connectivity index is 1.63. The van der Waals surface area contributed by atoms with Crippen LogP contribution in [0.1, 0.15) is 45.7 Å². The zero-order chi connectivity index (χ0) is 23.3. The van der Waals surface area contributed by atoms with E-state index >= 15 is 0 Å². The lowest BCUT2D eigenvalue weighted by Crippen LogP contribution is -2.28. The van der Waals surface area contributed by atoms with Crippen molar-refractivity contribution >= 4 is 11.6 Å². The van der Waals surface area contributed by atoms with E-state index in [4.69, 9.17) is 14.2 Å². The molecular formula is C24H33N3O5. The summed E-state index contributed by atoms with van der Waals surface area (Å²) in [6, 6.07) is 9.67. The largest absolute Gasteiger partial charge is 0.490 e. The van der Waals surface area contributed by atoms with Crippen LogP contribution in [0.15, 0.2) is 36.5 Å². The first-order valence-corrected chi connectivity index (χ1v) is 10.8. The van der Waals surface area contributed by atoms with Crippen molar-refractivity contribution in [1.29, 1.82) is 0 Å². The van der Waals surface area contributed by atoms with Gasteiger partial charge in [0.2, 0.25) is 11.7 Å². The molecular weight excluding hydrogens is 410 g/mol. The number of nitrogens with zero attached hydrogens (tertiary/aromatic N) is 2. The van der Waals surface area contributed by atoms with Crippen molar-refractivity contribution in [3.63, 3.8) is 0 Å². The zero-order valence-corrected chi connectivity index (χ0v) is 19.4. The van der Waals surface area contributed by atoms with Gasteiger partial charge in [0.25, 0.3) is 5.88 Å². The van der Waals surface area contributed by atoms with Gasteiger partial charge in [-0.1, -0.05) is 12.1 Å². The molecule has 1 aliphatic heterocycles. The molecule has 174 valence electrons. The molecule has 1 aromatic carbocycles. The summed E-state index contributed by atoms with van der Waals surface area (Å²) in [7, 11) is 1.59. The Morgan fingerprint density at radius 2 is 2.03 bits per heavy atom. The van der Waals surface area contributed by atoms with Crippen molar-refractivity contribution in [2.45, 2.75) is 51.9 Å². The van der Waals surface area contributed by atoms with Crippen molar-refractivity contribution in [3.8, 4) is 17.4 Å². The third-order valence-corrected chi connectivity index (χ3v) is 5.21. The highest BCUT2D eigenvalue weighted by molar-refractivity contribution is 5.73. The molecule has 2 aromatic rings. The number of hydrogen-bond acceptors (Lipinski definition) is 7. The number of pyridine rings is 1. The highest BCUT2D eigenvalue weighted by atomic mass is 16.5. The molecule has 1 aliphatic rings. The molecule has 0 radical (unpaired) electrons. The predicted molar refractivity (Wildman–Crippen MR) is 123 cm³/mol. The maximum absolute atomic E-state index is 11.2. The van der Waals surface area contributed by atoms with Crippen LogP contribution in [0.4, 0.5) is 5.69 Å². The summed E-state index contributed by atoms with van der Waals surface area (Å²) in [4.78, 5) is 17.7. The van der Waals surface area contributed by atoms with Crippen LogP contribution in [0.3, 0.4) is 0 Å². The van der Waals surface area contributed by atoms with Gasteiger partial charge in [-0.3, -0.25) is 4.79 Å². The van der Waals surface area contributed by atoms with Crippen molar-refractivity contribution < 1.29 is 24.1 Å². The van der Waals surface area contributed by atoms with E-state index < -0.39 is 5.60 Å². The first-order valence-electron chi connectivity index (χ1n) is 10.8. The molecule has 32 heavy (non-hydrogen) atoms. The Labute approximate surface area is 189 Å². The lowest BCUT2D eigenvalue weighted by Gasteiger charge is -2.23. The van der Waals surface area contributed by atoms with Crippen LogP contribution in [0.25, 0.3) is 0 Å². The SMILES string of the molecule is COc1c(N2CC[C@@H](Oc3ccc([C@H](C)NC(C)=O)cc3)C2)ccnc1OCC(C)(C)O. The maximum Gasteiger partial charge on any atom is 0.259 e. The van der Waals surface area contributed by atoms with Gasteiger partial charge in [-0.15, -0.1) is 0 Å². The van der Waals surface area contributed by atoms with Gasteiger partial charge >= 0.3 is 0 Å². The van der Waals surface area contributed by atoms with Crippen LogP contribution in [-0.4, -0.2) is 54.5 Å². The fourth-order valence-electron chi connectivity index (χ4n) is 3.67. The second-order valence-corrected chi connectivity index (χ2v) is 8.74. The van der Waals surface area contributed by atoms with Crippen molar-refractivity contribution in [1.82, 2.24) is 10.3 Å². The average Bonchev–Trinajstić information content (AvgIpc) is 3.19. The van der Waals surface area contributed by atoms with Crippen LogP contribution in [-0.2, 0) is 4.79 Å². The van der Waals surface area contributed by atoms with E-state index in [1.54, 1.807) is 27.2 Å². The number of aromatic nitrogens is 1. The molecule has 3 rings (SSSR count). The van der Waals surface area contributed by atoms with Crippen molar-refractivity contribution in [2.24, 2.45) is 0 Å². The van der Waals surface area contributed by atoms with E-state index in [0.29, 0.717) is 18.2 Å².